The van der Waals surface area contributed by atoms with Gasteiger partial charge in [-0.25, -0.2) is 0 Å². The lowest BCUT2D eigenvalue weighted by Gasteiger charge is -2.27. The fourth-order valence-electron chi connectivity index (χ4n) is 2.78. The van der Waals surface area contributed by atoms with Crippen LogP contribution in [0.25, 0.3) is 0 Å². The van der Waals surface area contributed by atoms with Gasteiger partial charge in [0.1, 0.15) is 6.04 Å². The van der Waals surface area contributed by atoms with E-state index in [1.165, 1.54) is 11.3 Å². The fourth-order valence-corrected chi connectivity index (χ4v) is 2.78. The van der Waals surface area contributed by atoms with Crippen LogP contribution in [0.3, 0.4) is 0 Å². The largest absolute Gasteiger partial charge is 0.358 e. The zero-order chi connectivity index (χ0) is 11.7. The van der Waals surface area contributed by atoms with Gasteiger partial charge in [-0.15, -0.1) is 0 Å². The van der Waals surface area contributed by atoms with E-state index in [-0.39, 0.29) is 6.04 Å². The van der Waals surface area contributed by atoms with E-state index < -0.39 is 0 Å². The molecule has 2 heteroatoms. The lowest BCUT2D eigenvalue weighted by Crippen LogP contribution is -2.34. The summed E-state index contributed by atoms with van der Waals surface area (Å²) < 4.78 is 0. The average molecular weight is 214 g/mol. The smallest absolute Gasteiger partial charge is 0.119 e. The molecule has 0 aromatic heterocycles. The number of hydrogen-bond donors (Lipinski definition) is 0. The van der Waals surface area contributed by atoms with E-state index in [2.05, 4.69) is 43.0 Å². The van der Waals surface area contributed by atoms with Crippen LogP contribution in [0.1, 0.15) is 31.7 Å². The summed E-state index contributed by atoms with van der Waals surface area (Å²) in [6.45, 7) is 4.43. The van der Waals surface area contributed by atoms with Crippen molar-refractivity contribution >= 4 is 5.69 Å². The van der Waals surface area contributed by atoms with Crippen LogP contribution in [-0.4, -0.2) is 13.1 Å². The molecule has 84 valence electrons. The molecule has 0 radical (unpaired) electrons. The van der Waals surface area contributed by atoms with E-state index in [1.807, 2.05) is 13.1 Å². The third-order valence-corrected chi connectivity index (χ3v) is 3.66. The molecule has 0 N–H and O–H groups in total. The highest BCUT2D eigenvalue weighted by Crippen LogP contribution is 2.37. The summed E-state index contributed by atoms with van der Waals surface area (Å²) in [5.74, 6) is 0.949. The Labute approximate surface area is 97.5 Å². The van der Waals surface area contributed by atoms with E-state index >= 15 is 0 Å². The van der Waals surface area contributed by atoms with Gasteiger partial charge < -0.3 is 4.90 Å². The predicted octanol–water partition coefficient (Wildman–Crippen LogP) is 3.16. The van der Waals surface area contributed by atoms with Crippen LogP contribution in [0.2, 0.25) is 0 Å². The summed E-state index contributed by atoms with van der Waals surface area (Å²) in [4.78, 5) is 2.13. The standard InChI is InChI=1S/C14H18N2/c1-10-8-11(2)14(9-15)16(3)13-7-5-4-6-12(10)13/h4-7,10-11,14H,8H2,1-3H3/t10-,11-,14+/m1/s1. The van der Waals surface area contributed by atoms with Crippen molar-refractivity contribution < 1.29 is 0 Å². The van der Waals surface area contributed by atoms with Crippen LogP contribution in [-0.2, 0) is 0 Å². The number of fused-ring (bicyclic) bond motifs is 1. The second-order valence-electron chi connectivity index (χ2n) is 4.86. The lowest BCUT2D eigenvalue weighted by atomic mass is 9.89. The van der Waals surface area contributed by atoms with Crippen molar-refractivity contribution in [3.05, 3.63) is 29.8 Å². The quantitative estimate of drug-likeness (QED) is 0.663. The normalized spacial score (nSPS) is 29.1. The Morgan fingerprint density at radius 1 is 1.31 bits per heavy atom. The number of rotatable bonds is 0. The zero-order valence-corrected chi connectivity index (χ0v) is 10.1. The molecule has 0 aliphatic carbocycles. The fraction of sp³-hybridized carbons (Fsp3) is 0.500. The SMILES string of the molecule is C[C@@H]1C[C@@H](C)[C@H](C#N)N(C)c2ccccc21. The van der Waals surface area contributed by atoms with Gasteiger partial charge in [-0.1, -0.05) is 32.0 Å². The molecule has 0 fully saturated rings. The molecule has 1 heterocycles. The van der Waals surface area contributed by atoms with Gasteiger partial charge in [0.2, 0.25) is 0 Å². The number of nitriles is 1. The first-order chi connectivity index (χ1) is 7.65. The van der Waals surface area contributed by atoms with Crippen molar-refractivity contribution in [2.75, 3.05) is 11.9 Å². The number of para-hydroxylation sites is 1. The van der Waals surface area contributed by atoms with Gasteiger partial charge >= 0.3 is 0 Å². The first-order valence-electron chi connectivity index (χ1n) is 5.86. The van der Waals surface area contributed by atoms with E-state index in [9.17, 15) is 5.26 Å². The van der Waals surface area contributed by atoms with Crippen LogP contribution in [0.4, 0.5) is 5.69 Å². The van der Waals surface area contributed by atoms with Gasteiger partial charge in [0.05, 0.1) is 6.07 Å². The number of nitrogens with zero attached hydrogens (tertiary/aromatic N) is 2. The Morgan fingerprint density at radius 2 is 2.00 bits per heavy atom. The third kappa shape index (κ3) is 1.67. The van der Waals surface area contributed by atoms with Gasteiger partial charge in [0.25, 0.3) is 0 Å². The van der Waals surface area contributed by atoms with Crippen molar-refractivity contribution in [3.63, 3.8) is 0 Å². The molecular formula is C14H18N2. The molecule has 0 unspecified atom stereocenters. The highest BCUT2D eigenvalue weighted by Gasteiger charge is 2.29. The molecule has 1 aliphatic rings. The average Bonchev–Trinajstić information content (AvgIpc) is 2.37. The molecule has 0 amide bonds. The lowest BCUT2D eigenvalue weighted by molar-refractivity contribution is 0.454. The Hall–Kier alpha value is -1.49. The van der Waals surface area contributed by atoms with Crippen molar-refractivity contribution in [1.29, 1.82) is 5.26 Å². The molecule has 0 saturated carbocycles. The Morgan fingerprint density at radius 3 is 2.69 bits per heavy atom. The van der Waals surface area contributed by atoms with E-state index in [0.29, 0.717) is 11.8 Å². The van der Waals surface area contributed by atoms with Crippen molar-refractivity contribution in [1.82, 2.24) is 0 Å². The van der Waals surface area contributed by atoms with Crippen LogP contribution in [0.5, 0.6) is 0 Å². The van der Waals surface area contributed by atoms with Crippen molar-refractivity contribution in [2.24, 2.45) is 5.92 Å². The maximum atomic E-state index is 9.28. The van der Waals surface area contributed by atoms with Crippen LogP contribution in [0.15, 0.2) is 24.3 Å². The predicted molar refractivity (Wildman–Crippen MR) is 66.4 cm³/mol. The Bertz CT molecular complexity index is 419. The van der Waals surface area contributed by atoms with Crippen LogP contribution < -0.4 is 4.90 Å². The second kappa shape index (κ2) is 4.17. The molecule has 2 rings (SSSR count). The number of hydrogen-bond acceptors (Lipinski definition) is 2. The molecule has 2 nitrogen and oxygen atoms in total. The molecule has 3 atom stereocenters. The molecule has 0 spiro atoms. The number of anilines is 1. The van der Waals surface area contributed by atoms with Crippen LogP contribution in [0, 0.1) is 17.2 Å². The Balaban J connectivity index is 2.50. The second-order valence-corrected chi connectivity index (χ2v) is 4.86. The molecule has 1 aliphatic heterocycles. The summed E-state index contributed by atoms with van der Waals surface area (Å²) >= 11 is 0. The minimum atomic E-state index is -0.00824. The van der Waals surface area contributed by atoms with Gasteiger partial charge in [-0.05, 0) is 29.9 Å². The van der Waals surface area contributed by atoms with Crippen molar-refractivity contribution in [2.45, 2.75) is 32.2 Å². The van der Waals surface area contributed by atoms with E-state index in [4.69, 9.17) is 0 Å². The molecular weight excluding hydrogens is 196 g/mol. The minimum absolute atomic E-state index is 0.00824. The van der Waals surface area contributed by atoms with Gasteiger partial charge in [0.15, 0.2) is 0 Å². The first kappa shape index (κ1) is 11.0. The third-order valence-electron chi connectivity index (χ3n) is 3.66. The first-order valence-corrected chi connectivity index (χ1v) is 5.86. The topological polar surface area (TPSA) is 27.0 Å². The summed E-state index contributed by atoms with van der Waals surface area (Å²) in [5.41, 5.74) is 2.58. The highest BCUT2D eigenvalue weighted by atomic mass is 15.1. The monoisotopic (exact) mass is 214 g/mol. The van der Waals surface area contributed by atoms with Gasteiger partial charge in [-0.3, -0.25) is 0 Å². The maximum Gasteiger partial charge on any atom is 0.119 e. The summed E-state index contributed by atoms with van der Waals surface area (Å²) in [5, 5.41) is 9.28. The molecule has 0 saturated heterocycles. The Kier molecular flexibility index (Phi) is 2.87. The van der Waals surface area contributed by atoms with E-state index in [1.54, 1.807) is 0 Å². The summed E-state index contributed by atoms with van der Waals surface area (Å²) in [6.07, 6.45) is 1.08. The van der Waals surface area contributed by atoms with E-state index in [0.717, 1.165) is 6.42 Å². The van der Waals surface area contributed by atoms with Crippen molar-refractivity contribution in [3.8, 4) is 6.07 Å². The highest BCUT2D eigenvalue weighted by molar-refractivity contribution is 5.57. The molecule has 1 aromatic rings. The minimum Gasteiger partial charge on any atom is -0.358 e. The maximum absolute atomic E-state index is 9.28. The molecule has 0 bridgehead atoms. The zero-order valence-electron chi connectivity index (χ0n) is 10.1. The van der Waals surface area contributed by atoms with Gasteiger partial charge in [0, 0.05) is 12.7 Å². The molecule has 1 aromatic carbocycles. The van der Waals surface area contributed by atoms with Gasteiger partial charge in [-0.2, -0.15) is 5.26 Å². The summed E-state index contributed by atoms with van der Waals surface area (Å²) in [6, 6.07) is 10.9. The number of benzene rings is 1. The van der Waals surface area contributed by atoms with Crippen LogP contribution >= 0.6 is 0 Å². The molecule has 16 heavy (non-hydrogen) atoms. The summed E-state index contributed by atoms with van der Waals surface area (Å²) in [7, 11) is 2.03.